The van der Waals surface area contributed by atoms with Gasteiger partial charge in [0.15, 0.2) is 5.82 Å². The second-order valence-electron chi connectivity index (χ2n) is 8.65. The van der Waals surface area contributed by atoms with Crippen molar-refractivity contribution in [3.63, 3.8) is 0 Å². The van der Waals surface area contributed by atoms with Gasteiger partial charge in [0.1, 0.15) is 11.4 Å². The van der Waals surface area contributed by atoms with E-state index in [-0.39, 0.29) is 36.2 Å². The molecule has 0 aliphatic heterocycles. The normalized spacial score (nSPS) is 14.1. The van der Waals surface area contributed by atoms with Crippen LogP contribution in [-0.2, 0) is 17.5 Å². The molecule has 15 heteroatoms. The zero-order chi connectivity index (χ0) is 31.5. The fraction of sp³-hybridized carbons (Fsp3) is 0.320. The number of rotatable bonds is 10. The van der Waals surface area contributed by atoms with Crippen molar-refractivity contribution in [3.8, 4) is 11.4 Å². The first-order valence-electron chi connectivity index (χ1n) is 13.1. The maximum atomic E-state index is 14.9. The van der Waals surface area contributed by atoms with Crippen molar-refractivity contribution < 1.29 is 35.2 Å². The number of aryl methyl sites for hydroxylation is 1. The predicted octanol–water partition coefficient (Wildman–Crippen LogP) is 4.54. The van der Waals surface area contributed by atoms with Gasteiger partial charge in [-0.3, -0.25) is 9.59 Å². The Morgan fingerprint density at radius 1 is 1.18 bits per heavy atom. The van der Waals surface area contributed by atoms with Crippen LogP contribution < -0.4 is 16.4 Å². The Hall–Kier alpha value is -4.27. The fourth-order valence-corrected chi connectivity index (χ4v) is 4.06. The zero-order valence-electron chi connectivity index (χ0n) is 23.3. The number of hydrogen-bond donors (Lipinski definition) is 2. The Bertz CT molecular complexity index is 1710. The van der Waals surface area contributed by atoms with Crippen LogP contribution in [0.5, 0.6) is 0 Å². The van der Waals surface area contributed by atoms with Gasteiger partial charge < -0.3 is 14.6 Å². The first-order chi connectivity index (χ1) is 20.1. The number of nitrogens with zero attached hydrogens (tertiary/aromatic N) is 4. The number of methoxy groups -OCH3 is 1. The molecule has 0 radical (unpaired) electrons. The molecule has 1 aromatic carbocycles. The average Bonchev–Trinajstić information content (AvgIpc) is 2.92. The summed E-state index contributed by atoms with van der Waals surface area (Å²) in [5.74, 6) is -1.03. The number of benzene rings is 1. The molecule has 0 aliphatic rings. The van der Waals surface area contributed by atoms with Gasteiger partial charge in [0.2, 0.25) is 0 Å². The lowest BCUT2D eigenvalue weighted by atomic mass is 10.1. The van der Waals surface area contributed by atoms with E-state index >= 15 is 0 Å². The van der Waals surface area contributed by atoms with E-state index in [0.717, 1.165) is 24.7 Å². The van der Waals surface area contributed by atoms with Crippen LogP contribution in [0, 0.1) is 5.82 Å². The quantitative estimate of drug-likeness (QED) is 0.269. The van der Waals surface area contributed by atoms with Crippen LogP contribution in [0.4, 0.5) is 32.0 Å². The van der Waals surface area contributed by atoms with E-state index in [1.807, 2.05) is 0 Å². The molecule has 0 aliphatic carbocycles. The van der Waals surface area contributed by atoms with Crippen LogP contribution in [0.1, 0.15) is 34.5 Å². The number of ether oxygens (including phenoxy) is 1. The van der Waals surface area contributed by atoms with Crippen LogP contribution in [0.25, 0.3) is 22.2 Å². The minimum absolute atomic E-state index is 0.00203. The summed E-state index contributed by atoms with van der Waals surface area (Å²) >= 11 is 0. The number of alkyl halides is 5. The van der Waals surface area contributed by atoms with Crippen LogP contribution in [0.2, 0.25) is 0 Å². The average molecular weight is 571 g/mol. The largest absolute Gasteiger partial charge is 0.423 e. The molecule has 1 atom stereocenters. The number of H-pyrrole nitrogens is 1. The number of aromatic nitrogens is 5. The molecule has 9 nitrogen and oxygen atoms in total. The standard InChI is InChI=1S/C25H22F6N6O3/c1-40-12-15(35-19-11-34-36-23(38)20(19)25(29,30)31)3-2-5-37-6-4-13-7-17(18(26)8-16(13)24(37)39)22-32-9-14(10-33-22)21(27)28/h4,6-11,15,21H,2-3,5,12H2,1H3,(H2,35,36,38)/t15-/m1/s1/i1D3. The second kappa shape index (κ2) is 11.9. The maximum absolute atomic E-state index is 14.9. The minimum Gasteiger partial charge on any atom is -0.383 e. The van der Waals surface area contributed by atoms with Crippen molar-refractivity contribution in [1.29, 1.82) is 0 Å². The first kappa shape index (κ1) is 24.7. The number of pyridine rings is 1. The van der Waals surface area contributed by atoms with Gasteiger partial charge in [0, 0.05) is 38.2 Å². The van der Waals surface area contributed by atoms with E-state index in [2.05, 4.69) is 20.4 Å². The molecule has 0 spiro atoms. The van der Waals surface area contributed by atoms with Crippen LogP contribution in [0.15, 0.2) is 52.6 Å². The van der Waals surface area contributed by atoms with Crippen LogP contribution >= 0.6 is 0 Å². The predicted molar refractivity (Wildman–Crippen MR) is 133 cm³/mol. The molecule has 0 saturated heterocycles. The van der Waals surface area contributed by atoms with Gasteiger partial charge in [-0.2, -0.15) is 18.3 Å². The summed E-state index contributed by atoms with van der Waals surface area (Å²) in [6.45, 7) is -0.566. The van der Waals surface area contributed by atoms with Crippen molar-refractivity contribution >= 4 is 16.5 Å². The van der Waals surface area contributed by atoms with Crippen molar-refractivity contribution in [1.82, 2.24) is 24.7 Å². The van der Waals surface area contributed by atoms with Gasteiger partial charge >= 0.3 is 6.18 Å². The molecule has 4 rings (SSSR count). The highest BCUT2D eigenvalue weighted by Gasteiger charge is 2.37. The van der Waals surface area contributed by atoms with Crippen molar-refractivity contribution in [2.45, 2.75) is 38.0 Å². The monoisotopic (exact) mass is 571 g/mol. The van der Waals surface area contributed by atoms with Gasteiger partial charge in [-0.05, 0) is 36.4 Å². The Morgan fingerprint density at radius 2 is 1.93 bits per heavy atom. The minimum atomic E-state index is -5.04. The van der Waals surface area contributed by atoms with E-state index < -0.39 is 66.0 Å². The SMILES string of the molecule is [2H]C([2H])([2H])OC[C@@H](CCCn1ccc2cc(-c3ncc(C(F)F)cn3)c(F)cc2c1=O)Nc1cn[nH]c(=O)c1C(F)(F)F. The van der Waals surface area contributed by atoms with E-state index in [0.29, 0.717) is 5.39 Å². The Balaban J connectivity index is 1.53. The molecule has 0 amide bonds. The number of anilines is 1. The highest BCUT2D eigenvalue weighted by Crippen LogP contribution is 2.32. The third kappa shape index (κ3) is 6.30. The van der Waals surface area contributed by atoms with E-state index in [9.17, 15) is 35.9 Å². The summed E-state index contributed by atoms with van der Waals surface area (Å²) in [5, 5.41) is 7.83. The lowest BCUT2D eigenvalue weighted by Gasteiger charge is -2.21. The van der Waals surface area contributed by atoms with Crippen molar-refractivity contribution in [3.05, 3.63) is 80.6 Å². The maximum Gasteiger partial charge on any atom is 0.423 e. The molecule has 212 valence electrons. The highest BCUT2D eigenvalue weighted by atomic mass is 19.4. The molecule has 0 bridgehead atoms. The van der Waals surface area contributed by atoms with Crippen molar-refractivity contribution in [2.75, 3.05) is 19.0 Å². The summed E-state index contributed by atoms with van der Waals surface area (Å²) in [7, 11) is -2.85. The van der Waals surface area contributed by atoms with Gasteiger partial charge in [0.25, 0.3) is 17.5 Å². The number of aromatic amines is 1. The molecule has 2 N–H and O–H groups in total. The Morgan fingerprint density at radius 3 is 2.60 bits per heavy atom. The molecule has 3 heterocycles. The molecule has 4 aromatic rings. The molecule has 0 saturated carbocycles. The number of halogens is 6. The van der Waals surface area contributed by atoms with Gasteiger partial charge in [-0.15, -0.1) is 0 Å². The summed E-state index contributed by atoms with van der Waals surface area (Å²) < 4.78 is 109. The zero-order valence-corrected chi connectivity index (χ0v) is 20.3. The summed E-state index contributed by atoms with van der Waals surface area (Å²) in [4.78, 5) is 32.4. The number of nitrogens with one attached hydrogen (secondary N) is 2. The van der Waals surface area contributed by atoms with Gasteiger partial charge in [0.05, 0.1) is 39.1 Å². The molecular weight excluding hydrogens is 546 g/mol. The summed E-state index contributed by atoms with van der Waals surface area (Å²) in [5.41, 5.74) is -4.88. The first-order valence-corrected chi connectivity index (χ1v) is 11.6. The molecule has 0 fully saturated rings. The lowest BCUT2D eigenvalue weighted by Crippen LogP contribution is -2.31. The Labute approximate surface area is 226 Å². The second-order valence-corrected chi connectivity index (χ2v) is 8.65. The van der Waals surface area contributed by atoms with Crippen molar-refractivity contribution in [2.24, 2.45) is 0 Å². The molecule has 40 heavy (non-hydrogen) atoms. The van der Waals surface area contributed by atoms with E-state index in [1.165, 1.54) is 22.9 Å². The highest BCUT2D eigenvalue weighted by molar-refractivity contribution is 5.85. The molecule has 0 unspecified atom stereocenters. The summed E-state index contributed by atoms with van der Waals surface area (Å²) in [6, 6.07) is 2.71. The topological polar surface area (TPSA) is 115 Å². The number of hydrogen-bond acceptors (Lipinski definition) is 7. The van der Waals surface area contributed by atoms with E-state index in [4.69, 9.17) is 8.85 Å². The smallest absolute Gasteiger partial charge is 0.383 e. The van der Waals surface area contributed by atoms with Gasteiger partial charge in [-0.1, -0.05) is 0 Å². The third-order valence-electron chi connectivity index (χ3n) is 5.96. The molecular formula is C25H22F6N6O3. The third-order valence-corrected chi connectivity index (χ3v) is 5.96. The fourth-order valence-electron chi connectivity index (χ4n) is 4.06. The van der Waals surface area contributed by atoms with E-state index in [1.54, 1.807) is 5.10 Å². The van der Waals surface area contributed by atoms with Crippen LogP contribution in [0.3, 0.4) is 0 Å². The Kier molecular flexibility index (Phi) is 7.34. The molecule has 3 aromatic heterocycles. The summed E-state index contributed by atoms with van der Waals surface area (Å²) in [6.07, 6.45) is -3.85. The van der Waals surface area contributed by atoms with Crippen LogP contribution in [-0.4, -0.2) is 44.4 Å². The van der Waals surface area contributed by atoms with Gasteiger partial charge in [-0.25, -0.2) is 28.2 Å². The lowest BCUT2D eigenvalue weighted by molar-refractivity contribution is -0.138. The number of fused-ring (bicyclic) bond motifs is 1.